The Balaban J connectivity index is 2.05. The zero-order chi connectivity index (χ0) is 15.5. The van der Waals surface area contributed by atoms with Gasteiger partial charge in [-0.1, -0.05) is 18.2 Å². The molecule has 0 radical (unpaired) electrons. The first-order chi connectivity index (χ1) is 10.6. The Morgan fingerprint density at radius 2 is 1.82 bits per heavy atom. The first-order valence-electron chi connectivity index (χ1n) is 6.89. The van der Waals surface area contributed by atoms with E-state index in [0.29, 0.717) is 10.7 Å². The van der Waals surface area contributed by atoms with Gasteiger partial charge < -0.3 is 0 Å². The average molecular weight is 309 g/mol. The van der Waals surface area contributed by atoms with Gasteiger partial charge in [-0.25, -0.2) is 4.98 Å². The zero-order valence-corrected chi connectivity index (χ0v) is 13.2. The second-order valence-corrected chi connectivity index (χ2v) is 5.77. The SMILES string of the molecule is Cc1ccc(C(=O)N(c2ccccc2)c2nc(C)cs2)cn1. The van der Waals surface area contributed by atoms with Gasteiger partial charge in [0.05, 0.1) is 16.9 Å². The van der Waals surface area contributed by atoms with E-state index in [1.54, 1.807) is 17.2 Å². The number of aromatic nitrogens is 2. The van der Waals surface area contributed by atoms with Crippen molar-refractivity contribution in [2.75, 3.05) is 4.90 Å². The molecule has 0 saturated carbocycles. The van der Waals surface area contributed by atoms with Crippen LogP contribution in [0.25, 0.3) is 0 Å². The van der Waals surface area contributed by atoms with E-state index in [-0.39, 0.29) is 5.91 Å². The van der Waals surface area contributed by atoms with Crippen LogP contribution < -0.4 is 4.90 Å². The first-order valence-corrected chi connectivity index (χ1v) is 7.77. The van der Waals surface area contributed by atoms with E-state index in [0.717, 1.165) is 17.1 Å². The number of thiazole rings is 1. The van der Waals surface area contributed by atoms with Gasteiger partial charge in [0.15, 0.2) is 5.13 Å². The van der Waals surface area contributed by atoms with Gasteiger partial charge in [0, 0.05) is 17.3 Å². The minimum atomic E-state index is -0.131. The van der Waals surface area contributed by atoms with E-state index in [1.807, 2.05) is 55.6 Å². The summed E-state index contributed by atoms with van der Waals surface area (Å²) in [6.07, 6.45) is 1.61. The fourth-order valence-electron chi connectivity index (χ4n) is 2.06. The normalized spacial score (nSPS) is 10.5. The third-order valence-corrected chi connectivity index (χ3v) is 4.12. The van der Waals surface area contributed by atoms with Crippen LogP contribution in [-0.2, 0) is 0 Å². The van der Waals surface area contributed by atoms with Crippen molar-refractivity contribution in [1.82, 2.24) is 9.97 Å². The molecule has 3 rings (SSSR count). The number of rotatable bonds is 3. The maximum Gasteiger partial charge on any atom is 0.266 e. The number of aryl methyl sites for hydroxylation is 2. The van der Waals surface area contributed by atoms with Crippen LogP contribution in [0.1, 0.15) is 21.7 Å². The number of carbonyl (C=O) groups excluding carboxylic acids is 1. The summed E-state index contributed by atoms with van der Waals surface area (Å²) in [6, 6.07) is 13.2. The fraction of sp³-hybridized carbons (Fsp3) is 0.118. The minimum Gasteiger partial charge on any atom is -0.268 e. The highest BCUT2D eigenvalue weighted by molar-refractivity contribution is 7.14. The van der Waals surface area contributed by atoms with E-state index in [4.69, 9.17) is 0 Å². The van der Waals surface area contributed by atoms with E-state index in [2.05, 4.69) is 9.97 Å². The summed E-state index contributed by atoms with van der Waals surface area (Å²) in [5.74, 6) is -0.131. The number of pyridine rings is 1. The Kier molecular flexibility index (Phi) is 3.98. The predicted molar refractivity (Wildman–Crippen MR) is 88.7 cm³/mol. The predicted octanol–water partition coefficient (Wildman–Crippen LogP) is 4.13. The Bertz CT molecular complexity index is 781. The summed E-state index contributed by atoms with van der Waals surface area (Å²) >= 11 is 1.45. The van der Waals surface area contributed by atoms with Crippen molar-refractivity contribution < 1.29 is 4.79 Å². The number of benzene rings is 1. The first kappa shape index (κ1) is 14.4. The summed E-state index contributed by atoms with van der Waals surface area (Å²) in [5.41, 5.74) is 3.12. The maximum absolute atomic E-state index is 12.9. The smallest absolute Gasteiger partial charge is 0.266 e. The number of nitrogens with zero attached hydrogens (tertiary/aromatic N) is 3. The Morgan fingerprint density at radius 1 is 1.05 bits per heavy atom. The van der Waals surface area contributed by atoms with Crippen LogP contribution in [-0.4, -0.2) is 15.9 Å². The highest BCUT2D eigenvalue weighted by atomic mass is 32.1. The number of para-hydroxylation sites is 1. The molecule has 2 heterocycles. The van der Waals surface area contributed by atoms with E-state index < -0.39 is 0 Å². The van der Waals surface area contributed by atoms with Gasteiger partial charge >= 0.3 is 0 Å². The summed E-state index contributed by atoms with van der Waals surface area (Å²) in [7, 11) is 0. The van der Waals surface area contributed by atoms with Crippen molar-refractivity contribution >= 4 is 28.1 Å². The largest absolute Gasteiger partial charge is 0.268 e. The van der Waals surface area contributed by atoms with Gasteiger partial charge in [-0.2, -0.15) is 0 Å². The number of amides is 1. The molecular formula is C17H15N3OS. The second kappa shape index (κ2) is 6.07. The molecule has 0 aliphatic rings. The molecule has 2 aromatic heterocycles. The molecule has 0 aliphatic carbocycles. The summed E-state index contributed by atoms with van der Waals surface area (Å²) in [5, 5.41) is 2.60. The molecule has 0 atom stereocenters. The molecule has 110 valence electrons. The van der Waals surface area contributed by atoms with Gasteiger partial charge in [0.1, 0.15) is 0 Å². The van der Waals surface area contributed by atoms with Crippen molar-refractivity contribution in [3.63, 3.8) is 0 Å². The lowest BCUT2D eigenvalue weighted by Crippen LogP contribution is -2.26. The highest BCUT2D eigenvalue weighted by Crippen LogP contribution is 2.30. The molecule has 22 heavy (non-hydrogen) atoms. The van der Waals surface area contributed by atoms with Gasteiger partial charge in [0.2, 0.25) is 0 Å². The van der Waals surface area contributed by atoms with Gasteiger partial charge in [-0.05, 0) is 38.1 Å². The number of hydrogen-bond donors (Lipinski definition) is 0. The molecule has 0 aliphatic heterocycles. The Labute approximate surface area is 133 Å². The Morgan fingerprint density at radius 3 is 2.41 bits per heavy atom. The summed E-state index contributed by atoms with van der Waals surface area (Å²) in [6.45, 7) is 3.81. The van der Waals surface area contributed by atoms with Crippen molar-refractivity contribution in [2.45, 2.75) is 13.8 Å². The maximum atomic E-state index is 12.9. The fourth-order valence-corrected chi connectivity index (χ4v) is 2.88. The van der Waals surface area contributed by atoms with Gasteiger partial charge in [-0.3, -0.25) is 14.7 Å². The van der Waals surface area contributed by atoms with Crippen LogP contribution in [0.15, 0.2) is 54.0 Å². The van der Waals surface area contributed by atoms with Crippen molar-refractivity contribution in [3.05, 3.63) is 71.0 Å². The van der Waals surface area contributed by atoms with Crippen LogP contribution in [0.2, 0.25) is 0 Å². The molecule has 0 saturated heterocycles. The summed E-state index contributed by atoms with van der Waals surface area (Å²) in [4.78, 5) is 23.2. The number of anilines is 2. The zero-order valence-electron chi connectivity index (χ0n) is 12.4. The molecule has 5 heteroatoms. The van der Waals surface area contributed by atoms with Crippen LogP contribution in [0, 0.1) is 13.8 Å². The van der Waals surface area contributed by atoms with Gasteiger partial charge in [-0.15, -0.1) is 11.3 Å². The monoisotopic (exact) mass is 309 g/mol. The van der Waals surface area contributed by atoms with Crippen molar-refractivity contribution in [2.24, 2.45) is 0 Å². The molecular weight excluding hydrogens is 294 g/mol. The van der Waals surface area contributed by atoms with Crippen LogP contribution >= 0.6 is 11.3 Å². The molecule has 4 nitrogen and oxygen atoms in total. The molecule has 1 aromatic carbocycles. The molecule has 3 aromatic rings. The molecule has 0 bridgehead atoms. The Hall–Kier alpha value is -2.53. The van der Waals surface area contributed by atoms with Crippen LogP contribution in [0.4, 0.5) is 10.8 Å². The standard InChI is InChI=1S/C17H15N3OS/c1-12-8-9-14(10-18-12)16(21)20(15-6-4-3-5-7-15)17-19-13(2)11-22-17/h3-11H,1-2H3. The topological polar surface area (TPSA) is 46.1 Å². The second-order valence-electron chi connectivity index (χ2n) is 4.94. The molecule has 1 amide bonds. The molecule has 0 N–H and O–H groups in total. The minimum absolute atomic E-state index is 0.131. The lowest BCUT2D eigenvalue weighted by molar-refractivity contribution is 0.0999. The van der Waals surface area contributed by atoms with E-state index in [9.17, 15) is 4.79 Å². The average Bonchev–Trinajstić information content (AvgIpc) is 2.95. The third kappa shape index (κ3) is 2.89. The third-order valence-electron chi connectivity index (χ3n) is 3.17. The number of hydrogen-bond acceptors (Lipinski definition) is 4. The molecule has 0 fully saturated rings. The lowest BCUT2D eigenvalue weighted by Gasteiger charge is -2.20. The lowest BCUT2D eigenvalue weighted by atomic mass is 10.2. The van der Waals surface area contributed by atoms with Crippen LogP contribution in [0.3, 0.4) is 0 Å². The molecule has 0 spiro atoms. The van der Waals surface area contributed by atoms with E-state index in [1.165, 1.54) is 11.3 Å². The van der Waals surface area contributed by atoms with Crippen LogP contribution in [0.5, 0.6) is 0 Å². The quantitative estimate of drug-likeness (QED) is 0.730. The number of carbonyl (C=O) groups is 1. The molecule has 0 unspecified atom stereocenters. The van der Waals surface area contributed by atoms with Crippen molar-refractivity contribution in [3.8, 4) is 0 Å². The summed E-state index contributed by atoms with van der Waals surface area (Å²) < 4.78 is 0. The van der Waals surface area contributed by atoms with Gasteiger partial charge in [0.25, 0.3) is 5.91 Å². The van der Waals surface area contributed by atoms with Crippen molar-refractivity contribution in [1.29, 1.82) is 0 Å². The highest BCUT2D eigenvalue weighted by Gasteiger charge is 2.22. The van der Waals surface area contributed by atoms with E-state index >= 15 is 0 Å².